The van der Waals surface area contributed by atoms with Crippen molar-refractivity contribution < 1.29 is 13.9 Å². The third kappa shape index (κ3) is 1.86. The molecule has 1 fully saturated rings. The highest BCUT2D eigenvalue weighted by Crippen LogP contribution is 2.40. The fraction of sp³-hybridized carbons (Fsp3) is 0.267. The number of nitrogens with zero attached hydrogens (tertiary/aromatic N) is 3. The Bertz CT molecular complexity index is 850. The average Bonchev–Trinajstić information content (AvgIpc) is 3.00. The predicted molar refractivity (Wildman–Crippen MR) is 75.4 cm³/mol. The van der Waals surface area contributed by atoms with Crippen molar-refractivity contribution in [3.05, 3.63) is 30.0 Å². The lowest BCUT2D eigenvalue weighted by Crippen LogP contribution is -1.92. The van der Waals surface area contributed by atoms with Gasteiger partial charge in [0.1, 0.15) is 5.69 Å². The molecular weight excluding hydrogens is 284 g/mol. The zero-order valence-corrected chi connectivity index (χ0v) is 11.6. The molecule has 0 atom stereocenters. The highest BCUT2D eigenvalue weighted by molar-refractivity contribution is 5.61. The van der Waals surface area contributed by atoms with E-state index in [4.69, 9.17) is 13.9 Å². The Morgan fingerprint density at radius 3 is 2.77 bits per heavy atom. The second kappa shape index (κ2) is 4.33. The largest absolute Gasteiger partial charge is 0.454 e. The summed E-state index contributed by atoms with van der Waals surface area (Å²) in [5.74, 6) is 2.87. The zero-order chi connectivity index (χ0) is 14.5. The molecule has 1 aliphatic carbocycles. The minimum atomic E-state index is 0.241. The van der Waals surface area contributed by atoms with Gasteiger partial charge in [0, 0.05) is 17.2 Å². The second-order valence-corrected chi connectivity index (χ2v) is 5.46. The number of aromatic nitrogens is 4. The summed E-state index contributed by atoms with van der Waals surface area (Å²) in [6, 6.07) is 7.51. The van der Waals surface area contributed by atoms with Crippen molar-refractivity contribution in [2.45, 2.75) is 18.8 Å². The number of ether oxygens (including phenoxy) is 2. The molecule has 0 amide bonds. The first-order chi connectivity index (χ1) is 10.9. The molecule has 7 nitrogen and oxygen atoms in total. The van der Waals surface area contributed by atoms with E-state index in [-0.39, 0.29) is 6.79 Å². The molecule has 0 saturated heterocycles. The molecule has 1 N–H and O–H groups in total. The number of nitrogens with one attached hydrogen (secondary N) is 1. The molecule has 0 unspecified atom stereocenters. The second-order valence-electron chi connectivity index (χ2n) is 5.46. The molecule has 110 valence electrons. The van der Waals surface area contributed by atoms with Crippen LogP contribution < -0.4 is 9.47 Å². The number of hydrogen-bond donors (Lipinski definition) is 1. The number of rotatable bonds is 3. The van der Waals surface area contributed by atoms with Crippen molar-refractivity contribution >= 4 is 0 Å². The van der Waals surface area contributed by atoms with Crippen molar-refractivity contribution in [1.82, 2.24) is 20.4 Å². The number of H-pyrrole nitrogens is 1. The van der Waals surface area contributed by atoms with Gasteiger partial charge in [0.2, 0.25) is 12.7 Å². The van der Waals surface area contributed by atoms with Gasteiger partial charge in [0.05, 0.1) is 0 Å². The van der Waals surface area contributed by atoms with Gasteiger partial charge in [-0.05, 0) is 37.1 Å². The Balaban J connectivity index is 1.47. The summed E-state index contributed by atoms with van der Waals surface area (Å²) in [6.45, 7) is 0.241. The molecule has 1 aliphatic heterocycles. The van der Waals surface area contributed by atoms with Crippen LogP contribution in [0.5, 0.6) is 11.5 Å². The summed E-state index contributed by atoms with van der Waals surface area (Å²) in [6.07, 6.45) is 2.43. The quantitative estimate of drug-likeness (QED) is 0.799. The molecule has 3 aromatic rings. The normalized spacial score (nSPS) is 16.2. The van der Waals surface area contributed by atoms with Crippen molar-refractivity contribution in [2.75, 3.05) is 6.79 Å². The van der Waals surface area contributed by atoms with Gasteiger partial charge in [-0.25, -0.2) is 0 Å². The first kappa shape index (κ1) is 11.8. The van der Waals surface area contributed by atoms with Crippen LogP contribution in [-0.2, 0) is 0 Å². The number of aromatic amines is 1. The lowest BCUT2D eigenvalue weighted by Gasteiger charge is -1.97. The Labute approximate surface area is 125 Å². The summed E-state index contributed by atoms with van der Waals surface area (Å²) < 4.78 is 16.4. The van der Waals surface area contributed by atoms with E-state index in [0.29, 0.717) is 29.1 Å². The van der Waals surface area contributed by atoms with Crippen molar-refractivity contribution in [2.24, 2.45) is 0 Å². The fourth-order valence-corrected chi connectivity index (χ4v) is 2.52. The smallest absolute Gasteiger partial charge is 0.268 e. The summed E-state index contributed by atoms with van der Waals surface area (Å²) >= 11 is 0. The van der Waals surface area contributed by atoms with Crippen LogP contribution in [0.25, 0.3) is 23.0 Å². The molecule has 0 radical (unpaired) electrons. The van der Waals surface area contributed by atoms with Crippen LogP contribution in [0.2, 0.25) is 0 Å². The van der Waals surface area contributed by atoms with Crippen LogP contribution in [0, 0.1) is 0 Å². The molecule has 0 bridgehead atoms. The van der Waals surface area contributed by atoms with Crippen LogP contribution in [0.3, 0.4) is 0 Å². The molecule has 7 heteroatoms. The maximum Gasteiger partial charge on any atom is 0.268 e. The van der Waals surface area contributed by atoms with Gasteiger partial charge in [-0.15, -0.1) is 10.2 Å². The van der Waals surface area contributed by atoms with Crippen molar-refractivity contribution in [1.29, 1.82) is 0 Å². The van der Waals surface area contributed by atoms with Crippen LogP contribution in [0.15, 0.2) is 28.7 Å². The summed E-state index contributed by atoms with van der Waals surface area (Å²) in [5, 5.41) is 15.5. The van der Waals surface area contributed by atoms with E-state index in [9.17, 15) is 0 Å². The van der Waals surface area contributed by atoms with Crippen LogP contribution in [-0.4, -0.2) is 27.2 Å². The standard InChI is InChI=1S/C15H12N4O3/c1-2-8(1)10-6-11(17-16-10)15-19-18-14(22-15)9-3-4-12-13(5-9)21-7-20-12/h3-6,8H,1-2,7H2,(H,16,17). The van der Waals surface area contributed by atoms with E-state index in [1.54, 1.807) is 0 Å². The Morgan fingerprint density at radius 2 is 1.86 bits per heavy atom. The number of fused-ring (bicyclic) bond motifs is 1. The van der Waals surface area contributed by atoms with Gasteiger partial charge >= 0.3 is 0 Å². The molecule has 22 heavy (non-hydrogen) atoms. The lowest BCUT2D eigenvalue weighted by molar-refractivity contribution is 0.174. The Morgan fingerprint density at radius 1 is 1.00 bits per heavy atom. The molecule has 1 aromatic carbocycles. The van der Waals surface area contributed by atoms with E-state index in [1.165, 1.54) is 12.8 Å². The molecule has 0 spiro atoms. The predicted octanol–water partition coefficient (Wildman–Crippen LogP) is 2.73. The molecule has 2 aliphatic rings. The van der Waals surface area contributed by atoms with E-state index in [1.807, 2.05) is 24.3 Å². The summed E-state index contributed by atoms with van der Waals surface area (Å²) in [5.41, 5.74) is 2.61. The van der Waals surface area contributed by atoms with Crippen molar-refractivity contribution in [3.8, 4) is 34.5 Å². The SMILES string of the molecule is c1cc2c(cc1-c1nnc(-c3cc(C4CC4)[nH]n3)o1)OCO2. The van der Waals surface area contributed by atoms with Gasteiger partial charge in [-0.2, -0.15) is 5.10 Å². The van der Waals surface area contributed by atoms with E-state index in [0.717, 1.165) is 17.0 Å². The van der Waals surface area contributed by atoms with Crippen LogP contribution in [0.4, 0.5) is 0 Å². The van der Waals surface area contributed by atoms with E-state index in [2.05, 4.69) is 20.4 Å². The summed E-state index contributed by atoms with van der Waals surface area (Å²) in [7, 11) is 0. The minimum Gasteiger partial charge on any atom is -0.454 e. The van der Waals surface area contributed by atoms with Crippen LogP contribution >= 0.6 is 0 Å². The van der Waals surface area contributed by atoms with Gasteiger partial charge in [0.25, 0.3) is 5.89 Å². The highest BCUT2D eigenvalue weighted by Gasteiger charge is 2.26. The molecule has 2 aromatic heterocycles. The molecule has 3 heterocycles. The lowest BCUT2D eigenvalue weighted by atomic mass is 10.2. The Kier molecular flexibility index (Phi) is 2.32. The van der Waals surface area contributed by atoms with Crippen LogP contribution in [0.1, 0.15) is 24.5 Å². The number of hydrogen-bond acceptors (Lipinski definition) is 6. The topological polar surface area (TPSA) is 86.1 Å². The highest BCUT2D eigenvalue weighted by atomic mass is 16.7. The van der Waals surface area contributed by atoms with Gasteiger partial charge in [0.15, 0.2) is 11.5 Å². The monoisotopic (exact) mass is 296 g/mol. The fourth-order valence-electron chi connectivity index (χ4n) is 2.52. The van der Waals surface area contributed by atoms with Crippen molar-refractivity contribution in [3.63, 3.8) is 0 Å². The maximum absolute atomic E-state index is 5.73. The minimum absolute atomic E-state index is 0.241. The third-order valence-electron chi connectivity index (χ3n) is 3.88. The summed E-state index contributed by atoms with van der Waals surface area (Å²) in [4.78, 5) is 0. The first-order valence-electron chi connectivity index (χ1n) is 7.16. The van der Waals surface area contributed by atoms with Gasteiger partial charge in [-0.1, -0.05) is 0 Å². The first-order valence-corrected chi connectivity index (χ1v) is 7.16. The zero-order valence-electron chi connectivity index (χ0n) is 11.6. The molecule has 5 rings (SSSR count). The maximum atomic E-state index is 5.73. The number of benzene rings is 1. The Hall–Kier alpha value is -2.83. The van der Waals surface area contributed by atoms with E-state index < -0.39 is 0 Å². The molecule has 1 saturated carbocycles. The van der Waals surface area contributed by atoms with E-state index >= 15 is 0 Å². The van der Waals surface area contributed by atoms with Gasteiger partial charge < -0.3 is 13.9 Å². The van der Waals surface area contributed by atoms with Gasteiger partial charge in [-0.3, -0.25) is 5.10 Å². The molecular formula is C15H12N4O3. The third-order valence-corrected chi connectivity index (χ3v) is 3.88. The average molecular weight is 296 g/mol.